The monoisotopic (exact) mass is 211 g/mol. The van der Waals surface area contributed by atoms with E-state index in [-0.39, 0.29) is 0 Å². The van der Waals surface area contributed by atoms with Crippen LogP contribution in [0.2, 0.25) is 0 Å². The van der Waals surface area contributed by atoms with Crippen molar-refractivity contribution in [2.75, 3.05) is 6.54 Å². The summed E-state index contributed by atoms with van der Waals surface area (Å²) in [4.78, 5) is 0. The molecule has 1 fully saturated rings. The van der Waals surface area contributed by atoms with Crippen molar-refractivity contribution in [3.8, 4) is 0 Å². The van der Waals surface area contributed by atoms with Crippen molar-refractivity contribution >= 4 is 0 Å². The Balaban J connectivity index is 1.99. The van der Waals surface area contributed by atoms with Gasteiger partial charge in [0.05, 0.1) is 0 Å². The third-order valence-corrected chi connectivity index (χ3v) is 3.79. The van der Waals surface area contributed by atoms with E-state index in [1.807, 2.05) is 0 Å². The molecule has 2 unspecified atom stereocenters. The van der Waals surface area contributed by atoms with Gasteiger partial charge in [0.1, 0.15) is 0 Å². The molecule has 0 radical (unpaired) electrons. The fraction of sp³-hybridized carbons (Fsp3) is 1.00. The SMILES string of the molecule is CCCCCCC1CCC1CNC(C)C. The maximum atomic E-state index is 3.58. The van der Waals surface area contributed by atoms with E-state index in [1.54, 1.807) is 0 Å². The van der Waals surface area contributed by atoms with Crippen LogP contribution in [-0.2, 0) is 0 Å². The van der Waals surface area contributed by atoms with Crippen LogP contribution in [0.15, 0.2) is 0 Å². The highest BCUT2D eigenvalue weighted by atomic mass is 14.9. The fourth-order valence-corrected chi connectivity index (χ4v) is 2.51. The zero-order chi connectivity index (χ0) is 11.1. The number of hydrogen-bond donors (Lipinski definition) is 1. The molecule has 1 N–H and O–H groups in total. The summed E-state index contributed by atoms with van der Waals surface area (Å²) in [5, 5.41) is 3.58. The van der Waals surface area contributed by atoms with Gasteiger partial charge < -0.3 is 5.32 Å². The lowest BCUT2D eigenvalue weighted by Gasteiger charge is -2.37. The first-order chi connectivity index (χ1) is 7.24. The van der Waals surface area contributed by atoms with Crippen molar-refractivity contribution < 1.29 is 0 Å². The van der Waals surface area contributed by atoms with E-state index < -0.39 is 0 Å². The Kier molecular flexibility index (Phi) is 6.31. The Bertz CT molecular complexity index is 153. The molecule has 0 aromatic carbocycles. The molecular weight excluding hydrogens is 182 g/mol. The highest BCUT2D eigenvalue weighted by Gasteiger charge is 2.29. The minimum atomic E-state index is 0.659. The minimum Gasteiger partial charge on any atom is -0.314 e. The largest absolute Gasteiger partial charge is 0.314 e. The number of unbranched alkanes of at least 4 members (excludes halogenated alkanes) is 3. The molecule has 0 spiro atoms. The van der Waals surface area contributed by atoms with Crippen LogP contribution in [0, 0.1) is 11.8 Å². The molecule has 2 atom stereocenters. The van der Waals surface area contributed by atoms with Crippen LogP contribution in [0.3, 0.4) is 0 Å². The maximum Gasteiger partial charge on any atom is 0.00104 e. The second kappa shape index (κ2) is 7.27. The lowest BCUT2D eigenvalue weighted by atomic mass is 9.71. The van der Waals surface area contributed by atoms with Crippen LogP contribution in [0.4, 0.5) is 0 Å². The van der Waals surface area contributed by atoms with Gasteiger partial charge in [-0.05, 0) is 31.2 Å². The molecule has 0 aromatic rings. The summed E-state index contributed by atoms with van der Waals surface area (Å²) in [5.74, 6) is 2.04. The molecule has 0 aromatic heterocycles. The van der Waals surface area contributed by atoms with E-state index >= 15 is 0 Å². The number of rotatable bonds is 8. The molecule has 15 heavy (non-hydrogen) atoms. The Morgan fingerprint density at radius 1 is 1.07 bits per heavy atom. The van der Waals surface area contributed by atoms with Gasteiger partial charge in [-0.2, -0.15) is 0 Å². The van der Waals surface area contributed by atoms with Gasteiger partial charge >= 0.3 is 0 Å². The summed E-state index contributed by atoms with van der Waals surface area (Å²) < 4.78 is 0. The van der Waals surface area contributed by atoms with Gasteiger partial charge in [-0.15, -0.1) is 0 Å². The standard InChI is InChI=1S/C14H29N/c1-4-5-6-7-8-13-9-10-14(13)11-15-12(2)3/h12-15H,4-11H2,1-3H3. The number of hydrogen-bond acceptors (Lipinski definition) is 1. The zero-order valence-corrected chi connectivity index (χ0v) is 10.9. The molecule has 1 heteroatoms. The molecule has 0 saturated heterocycles. The molecule has 1 rings (SSSR count). The lowest BCUT2D eigenvalue weighted by molar-refractivity contribution is 0.153. The second-order valence-electron chi connectivity index (χ2n) is 5.51. The minimum absolute atomic E-state index is 0.659. The van der Waals surface area contributed by atoms with Crippen molar-refractivity contribution in [3.05, 3.63) is 0 Å². The predicted molar refractivity (Wildman–Crippen MR) is 68.1 cm³/mol. The highest BCUT2D eigenvalue weighted by molar-refractivity contribution is 4.82. The van der Waals surface area contributed by atoms with E-state index in [4.69, 9.17) is 0 Å². The summed E-state index contributed by atoms with van der Waals surface area (Å²) >= 11 is 0. The Hall–Kier alpha value is -0.0400. The van der Waals surface area contributed by atoms with Crippen LogP contribution in [0.25, 0.3) is 0 Å². The highest BCUT2D eigenvalue weighted by Crippen LogP contribution is 2.37. The van der Waals surface area contributed by atoms with Gasteiger partial charge in [0.2, 0.25) is 0 Å². The van der Waals surface area contributed by atoms with Gasteiger partial charge in [0.25, 0.3) is 0 Å². The van der Waals surface area contributed by atoms with Crippen LogP contribution in [0.1, 0.15) is 65.7 Å². The van der Waals surface area contributed by atoms with Crippen LogP contribution < -0.4 is 5.32 Å². The second-order valence-corrected chi connectivity index (χ2v) is 5.51. The van der Waals surface area contributed by atoms with E-state index in [9.17, 15) is 0 Å². The van der Waals surface area contributed by atoms with E-state index in [0.29, 0.717) is 6.04 Å². The third kappa shape index (κ3) is 5.01. The summed E-state index contributed by atoms with van der Waals surface area (Å²) in [6.07, 6.45) is 10.2. The van der Waals surface area contributed by atoms with Crippen molar-refractivity contribution in [1.29, 1.82) is 0 Å². The first-order valence-corrected chi connectivity index (χ1v) is 6.97. The Morgan fingerprint density at radius 2 is 1.80 bits per heavy atom. The molecule has 0 bridgehead atoms. The molecule has 0 aliphatic heterocycles. The lowest BCUT2D eigenvalue weighted by Crippen LogP contribution is -2.37. The fourth-order valence-electron chi connectivity index (χ4n) is 2.51. The molecule has 90 valence electrons. The van der Waals surface area contributed by atoms with Crippen LogP contribution in [-0.4, -0.2) is 12.6 Å². The summed E-state index contributed by atoms with van der Waals surface area (Å²) in [6.45, 7) is 8.04. The Morgan fingerprint density at radius 3 is 2.33 bits per heavy atom. The molecule has 0 heterocycles. The summed E-state index contributed by atoms with van der Waals surface area (Å²) in [5.41, 5.74) is 0. The van der Waals surface area contributed by atoms with Gasteiger partial charge in [0, 0.05) is 6.04 Å². The molecule has 1 aliphatic rings. The molecule has 0 amide bonds. The normalized spacial score (nSPS) is 25.6. The van der Waals surface area contributed by atoms with E-state index in [2.05, 4.69) is 26.1 Å². The van der Waals surface area contributed by atoms with Gasteiger partial charge in [-0.25, -0.2) is 0 Å². The van der Waals surface area contributed by atoms with Crippen molar-refractivity contribution in [2.45, 2.75) is 71.8 Å². The van der Waals surface area contributed by atoms with Crippen molar-refractivity contribution in [2.24, 2.45) is 11.8 Å². The maximum absolute atomic E-state index is 3.58. The molecule has 1 saturated carbocycles. The topological polar surface area (TPSA) is 12.0 Å². The molecular formula is C14H29N. The molecule has 1 nitrogen and oxygen atoms in total. The van der Waals surface area contributed by atoms with Gasteiger partial charge in [-0.1, -0.05) is 52.9 Å². The van der Waals surface area contributed by atoms with Crippen molar-refractivity contribution in [1.82, 2.24) is 5.32 Å². The van der Waals surface area contributed by atoms with Crippen molar-refractivity contribution in [3.63, 3.8) is 0 Å². The van der Waals surface area contributed by atoms with Gasteiger partial charge in [0.15, 0.2) is 0 Å². The first-order valence-electron chi connectivity index (χ1n) is 6.97. The van der Waals surface area contributed by atoms with E-state index in [1.165, 1.54) is 51.5 Å². The first kappa shape index (κ1) is 13.0. The van der Waals surface area contributed by atoms with Crippen LogP contribution >= 0.6 is 0 Å². The zero-order valence-electron chi connectivity index (χ0n) is 10.9. The predicted octanol–water partition coefficient (Wildman–Crippen LogP) is 3.98. The molecule has 1 aliphatic carbocycles. The van der Waals surface area contributed by atoms with E-state index in [0.717, 1.165) is 11.8 Å². The average Bonchev–Trinajstić information content (AvgIpc) is 2.15. The summed E-state index contributed by atoms with van der Waals surface area (Å²) in [7, 11) is 0. The average molecular weight is 211 g/mol. The summed E-state index contributed by atoms with van der Waals surface area (Å²) in [6, 6.07) is 0.659. The quantitative estimate of drug-likeness (QED) is 0.599. The smallest absolute Gasteiger partial charge is 0.00104 e. The Labute approximate surface area is 96.0 Å². The van der Waals surface area contributed by atoms with Crippen LogP contribution in [0.5, 0.6) is 0 Å². The third-order valence-electron chi connectivity index (χ3n) is 3.79. The van der Waals surface area contributed by atoms with Gasteiger partial charge in [-0.3, -0.25) is 0 Å². The number of nitrogens with one attached hydrogen (secondary N) is 1.